The minimum absolute atomic E-state index is 0. The van der Waals surface area contributed by atoms with Crippen LogP contribution in [0.3, 0.4) is 0 Å². The van der Waals surface area contributed by atoms with E-state index in [1.165, 1.54) is 97.6 Å². The van der Waals surface area contributed by atoms with Crippen LogP contribution in [0, 0.1) is 104 Å². The molecule has 20 heteroatoms. The molecule has 6 N–H and O–H groups in total. The van der Waals surface area contributed by atoms with Crippen molar-refractivity contribution >= 4 is 35.8 Å². The van der Waals surface area contributed by atoms with Crippen molar-refractivity contribution in [3.63, 3.8) is 0 Å². The van der Waals surface area contributed by atoms with Gasteiger partial charge < -0.3 is 80.8 Å². The van der Waals surface area contributed by atoms with Crippen LogP contribution in [0.2, 0.25) is 0 Å². The van der Waals surface area contributed by atoms with E-state index in [1.54, 1.807) is 133 Å². The van der Waals surface area contributed by atoms with E-state index in [0.29, 0.717) is 0 Å². The largest absolute Gasteiger partial charge is 3.00 e. The molecule has 18 nitrogen and oxygen atoms in total. The molecule has 0 bridgehead atoms. The average Bonchev–Trinajstić information content (AvgIpc) is 3.38. The van der Waals surface area contributed by atoms with Gasteiger partial charge in [-0.15, -0.1) is 0 Å². The monoisotopic (exact) mass is 1300 g/mol. The zero-order chi connectivity index (χ0) is 52.1. The number of benzene rings is 6. The van der Waals surface area contributed by atoms with Crippen LogP contribution in [0.25, 0.3) is 0 Å². The first-order valence-corrected chi connectivity index (χ1v) is 20.3. The molecule has 2 heterocycles. The zero-order valence-corrected chi connectivity index (χ0v) is 43.9. The van der Waals surface area contributed by atoms with Gasteiger partial charge in [-0.2, -0.15) is 9.46 Å². The Hall–Kier alpha value is -7.39. The van der Waals surface area contributed by atoms with Gasteiger partial charge >= 0.3 is 79.9 Å². The molecule has 0 fully saturated rings. The van der Waals surface area contributed by atoms with Crippen LogP contribution < -0.4 is 40.1 Å². The molecule has 0 spiro atoms. The molecule has 0 atom stereocenters. The van der Waals surface area contributed by atoms with Crippen LogP contribution >= 0.6 is 0 Å². The van der Waals surface area contributed by atoms with Gasteiger partial charge in [-0.25, -0.2) is 0 Å². The third-order valence-electron chi connectivity index (χ3n) is 7.99. The predicted octanol–water partition coefficient (Wildman–Crippen LogP) is -0.286. The molecule has 0 aliphatic rings. The summed E-state index contributed by atoms with van der Waals surface area (Å²) in [6, 6.07) is 55.5. The number of carboxylic acids is 6. The second kappa shape index (κ2) is 44.3. The first kappa shape index (κ1) is 73.1. The van der Waals surface area contributed by atoms with E-state index in [1.807, 2.05) is 13.8 Å². The molecule has 0 aliphatic heterocycles. The SMILES string of the molecule is Cc1cc[n+]([O-])cc1.Cc1cc[n+]([O-])cc1.O=C([O-])c1ccccc1.O=C([O-])c1ccccc1.O=C([O-])c1ccccc1.O=C([O-])c1ccccc1.O=C([O-])c1ccccc1.O=C([O-])c1ccccc1.[Gd+3].[Gd+3].[OH3+].[OH3+]. The molecule has 8 rings (SSSR count). The molecule has 2 radical (unpaired) electrons. The molecule has 74 heavy (non-hydrogen) atoms. The Bertz CT molecular complexity index is 2260. The van der Waals surface area contributed by atoms with E-state index in [2.05, 4.69) is 0 Å². The van der Waals surface area contributed by atoms with Gasteiger partial charge in [0.05, 0.1) is 35.8 Å². The minimum Gasteiger partial charge on any atom is -0.619 e. The quantitative estimate of drug-likeness (QED) is 0.117. The summed E-state index contributed by atoms with van der Waals surface area (Å²) in [6.45, 7) is 3.89. The molecule has 6 aromatic carbocycles. The first-order chi connectivity index (χ1) is 33.4. The summed E-state index contributed by atoms with van der Waals surface area (Å²) in [5.41, 5.74) is 3.54. The maximum atomic E-state index is 10.3. The van der Waals surface area contributed by atoms with Crippen molar-refractivity contribution in [3.05, 3.63) is 286 Å². The van der Waals surface area contributed by atoms with Crippen LogP contribution in [0.1, 0.15) is 73.3 Å². The summed E-state index contributed by atoms with van der Waals surface area (Å²) in [5, 5.41) is 81.2. The van der Waals surface area contributed by atoms with Crippen LogP contribution in [0.15, 0.2) is 231 Å². The summed E-state index contributed by atoms with van der Waals surface area (Å²) < 4.78 is 1.54. The van der Waals surface area contributed by atoms with Gasteiger partial charge in [0, 0.05) is 24.3 Å². The van der Waals surface area contributed by atoms with E-state index in [-0.39, 0.29) is 124 Å². The second-order valence-corrected chi connectivity index (χ2v) is 13.4. The minimum atomic E-state index is -1.13. The van der Waals surface area contributed by atoms with Gasteiger partial charge in [-0.3, -0.25) is 0 Å². The molecular formula is C54H50Gd2N2O16+2. The zero-order valence-electron chi connectivity index (χ0n) is 39.4. The van der Waals surface area contributed by atoms with Gasteiger partial charge in [-0.1, -0.05) is 182 Å². The number of nitrogens with zero attached hydrogens (tertiary/aromatic N) is 2. The van der Waals surface area contributed by atoms with Gasteiger partial charge in [-0.05, 0) is 58.4 Å². The number of carbonyl (C=O) groups excluding carboxylic acids is 6. The molecule has 0 saturated heterocycles. The van der Waals surface area contributed by atoms with E-state index in [9.17, 15) is 69.8 Å². The molecule has 0 saturated carbocycles. The van der Waals surface area contributed by atoms with Gasteiger partial charge in [0.25, 0.3) is 0 Å². The maximum Gasteiger partial charge on any atom is 3.00 e. The fourth-order valence-corrected chi connectivity index (χ4v) is 4.42. The van der Waals surface area contributed by atoms with Crippen molar-refractivity contribution in [2.75, 3.05) is 0 Å². The Balaban J connectivity index is -0.000000376. The summed E-state index contributed by atoms with van der Waals surface area (Å²) >= 11 is 0. The maximum absolute atomic E-state index is 10.3. The van der Waals surface area contributed by atoms with E-state index in [4.69, 9.17) is 0 Å². The number of hydrogen-bond donors (Lipinski definition) is 0. The van der Waals surface area contributed by atoms with Crippen LogP contribution in [-0.2, 0) is 11.0 Å². The summed E-state index contributed by atoms with van der Waals surface area (Å²) in [7, 11) is 0. The Morgan fingerprint density at radius 2 is 0.392 bits per heavy atom. The number of carboxylic acid groups (broad SMARTS) is 6. The number of aryl methyl sites for hydroxylation is 2. The molecule has 386 valence electrons. The molecule has 2 aromatic heterocycles. The Morgan fingerprint density at radius 3 is 0.473 bits per heavy atom. The van der Waals surface area contributed by atoms with E-state index < -0.39 is 35.8 Å². The smallest absolute Gasteiger partial charge is 0.619 e. The van der Waals surface area contributed by atoms with Gasteiger partial charge in [0.2, 0.25) is 0 Å². The van der Waals surface area contributed by atoms with Crippen molar-refractivity contribution in [3.8, 4) is 0 Å². The Morgan fingerprint density at radius 1 is 0.270 bits per heavy atom. The van der Waals surface area contributed by atoms with Crippen molar-refractivity contribution in [1.29, 1.82) is 0 Å². The topological polar surface area (TPSA) is 361 Å². The molecule has 8 aromatic rings. The predicted molar refractivity (Wildman–Crippen MR) is 255 cm³/mol. The Kier molecular flexibility index (Phi) is 43.8. The summed E-state index contributed by atoms with van der Waals surface area (Å²) in [5.74, 6) is -6.77. The van der Waals surface area contributed by atoms with Crippen LogP contribution in [-0.4, -0.2) is 35.8 Å². The molecule has 0 amide bonds. The second-order valence-electron chi connectivity index (χ2n) is 13.4. The fourth-order valence-electron chi connectivity index (χ4n) is 4.42. The standard InChI is InChI=1S/6C7H6O2.2C6H7NO.2Gd.2H2O/c6*8-7(9)6-4-2-1-3-5-6;2*1-6-2-4-7(8)5-3-6;;;;/h6*1-5H,(H,8,9);2*2-5H,1H3;;;2*1H2/q;;;;;;;;2*+3;;/p-4. The van der Waals surface area contributed by atoms with E-state index in [0.717, 1.165) is 20.6 Å². The number of pyridine rings is 2. The van der Waals surface area contributed by atoms with Crippen LogP contribution in [0.4, 0.5) is 0 Å². The molecule has 0 aliphatic carbocycles. The average molecular weight is 1300 g/mol. The van der Waals surface area contributed by atoms with Crippen molar-refractivity contribution in [2.45, 2.75) is 13.8 Å². The van der Waals surface area contributed by atoms with Crippen molar-refractivity contribution < 1.29 is 160 Å². The number of rotatable bonds is 6. The van der Waals surface area contributed by atoms with Gasteiger partial charge in [0.15, 0.2) is 24.8 Å². The van der Waals surface area contributed by atoms with Crippen molar-refractivity contribution in [2.24, 2.45) is 0 Å². The summed E-state index contributed by atoms with van der Waals surface area (Å²) in [4.78, 5) is 60.5. The summed E-state index contributed by atoms with van der Waals surface area (Å²) in [6.07, 6.45) is 5.93. The number of hydrogen-bond acceptors (Lipinski definition) is 14. The van der Waals surface area contributed by atoms with Crippen LogP contribution in [0.5, 0.6) is 0 Å². The third-order valence-corrected chi connectivity index (χ3v) is 7.99. The van der Waals surface area contributed by atoms with Crippen molar-refractivity contribution in [1.82, 2.24) is 0 Å². The van der Waals surface area contributed by atoms with Gasteiger partial charge in [0.1, 0.15) is 0 Å². The third kappa shape index (κ3) is 36.5. The first-order valence-electron chi connectivity index (χ1n) is 20.3. The Labute approximate surface area is 490 Å². The normalized spacial score (nSPS) is 8.46. The van der Waals surface area contributed by atoms with E-state index >= 15 is 0 Å². The number of aromatic nitrogens is 2. The molecule has 0 unspecified atom stereocenters. The fraction of sp³-hybridized carbons (Fsp3) is 0.0370. The molecular weight excluding hydrogens is 1250 g/mol. The number of aromatic carboxylic acids is 6. The number of carbonyl (C=O) groups is 6.